The summed E-state index contributed by atoms with van der Waals surface area (Å²) < 4.78 is 9.27. The second-order valence-electron chi connectivity index (χ2n) is 7.69. The number of aromatic nitrogens is 2. The van der Waals surface area contributed by atoms with Crippen LogP contribution in [0.1, 0.15) is 36.3 Å². The SMILES string of the molecule is S=C1N[C@@H](c2ccccn2)[C@H](c2cccn2C[C@@H]2CCCO2)N1c1ccc(Br)cc1. The summed E-state index contributed by atoms with van der Waals surface area (Å²) in [4.78, 5) is 6.85. The number of benzene rings is 1. The first-order chi connectivity index (χ1) is 14.7. The topological polar surface area (TPSA) is 42.3 Å². The van der Waals surface area contributed by atoms with Gasteiger partial charge in [-0.25, -0.2) is 0 Å². The molecule has 4 heterocycles. The highest BCUT2D eigenvalue weighted by atomic mass is 79.9. The lowest BCUT2D eigenvalue weighted by Crippen LogP contribution is -2.31. The number of anilines is 1. The quantitative estimate of drug-likeness (QED) is 0.518. The zero-order valence-corrected chi connectivity index (χ0v) is 18.8. The van der Waals surface area contributed by atoms with E-state index < -0.39 is 0 Å². The molecular weight excluding hydrogens is 460 g/mol. The Morgan fingerprint density at radius 3 is 2.73 bits per heavy atom. The van der Waals surface area contributed by atoms with E-state index in [2.05, 4.69) is 84.4 Å². The van der Waals surface area contributed by atoms with Gasteiger partial charge in [0.05, 0.1) is 17.8 Å². The first-order valence-electron chi connectivity index (χ1n) is 10.2. The maximum absolute atomic E-state index is 5.91. The smallest absolute Gasteiger partial charge is 0.174 e. The molecule has 0 spiro atoms. The Balaban J connectivity index is 1.57. The van der Waals surface area contributed by atoms with E-state index in [-0.39, 0.29) is 18.2 Å². The third-order valence-electron chi connectivity index (χ3n) is 5.79. The van der Waals surface area contributed by atoms with Crippen LogP contribution in [-0.2, 0) is 11.3 Å². The van der Waals surface area contributed by atoms with Crippen molar-refractivity contribution < 1.29 is 4.74 Å². The Hall–Kier alpha value is -2.22. The molecule has 30 heavy (non-hydrogen) atoms. The summed E-state index contributed by atoms with van der Waals surface area (Å²) in [5, 5.41) is 4.24. The number of nitrogens with zero attached hydrogens (tertiary/aromatic N) is 3. The van der Waals surface area contributed by atoms with Crippen molar-refractivity contribution in [3.05, 3.63) is 82.9 Å². The standard InChI is InChI=1S/C23H23BrN4OS/c24-16-8-10-17(11-9-16)28-22(21(26-23(28)30)19-6-1-2-12-25-19)20-7-3-13-27(20)15-18-5-4-14-29-18/h1-3,6-13,18,21-22H,4-5,14-15H2,(H,26,30)/t18-,21-,22-/m0/s1. The van der Waals surface area contributed by atoms with Crippen molar-refractivity contribution in [2.45, 2.75) is 37.6 Å². The zero-order valence-electron chi connectivity index (χ0n) is 16.4. The van der Waals surface area contributed by atoms with E-state index in [1.165, 1.54) is 5.69 Å². The van der Waals surface area contributed by atoms with Crippen molar-refractivity contribution in [2.24, 2.45) is 0 Å². The monoisotopic (exact) mass is 482 g/mol. The maximum Gasteiger partial charge on any atom is 0.174 e. The number of halogens is 1. The summed E-state index contributed by atoms with van der Waals surface area (Å²) in [6, 6.07) is 18.6. The van der Waals surface area contributed by atoms with Crippen LogP contribution in [0.25, 0.3) is 0 Å². The Morgan fingerprint density at radius 2 is 2.00 bits per heavy atom. The number of hydrogen-bond acceptors (Lipinski definition) is 3. The summed E-state index contributed by atoms with van der Waals surface area (Å²) >= 11 is 9.35. The Bertz CT molecular complexity index is 1020. The van der Waals surface area contributed by atoms with Crippen molar-refractivity contribution in [3.63, 3.8) is 0 Å². The van der Waals surface area contributed by atoms with Crippen LogP contribution in [0.15, 0.2) is 71.5 Å². The molecule has 2 aliphatic rings. The van der Waals surface area contributed by atoms with Gasteiger partial charge in [0.2, 0.25) is 0 Å². The number of thiocarbonyl (C=S) groups is 1. The highest BCUT2D eigenvalue weighted by Crippen LogP contribution is 2.42. The molecule has 0 bridgehead atoms. The highest BCUT2D eigenvalue weighted by molar-refractivity contribution is 9.10. The third kappa shape index (κ3) is 3.77. The molecule has 0 radical (unpaired) electrons. The number of pyridine rings is 1. The molecule has 154 valence electrons. The molecule has 2 aliphatic heterocycles. The summed E-state index contributed by atoms with van der Waals surface area (Å²) in [7, 11) is 0. The van der Waals surface area contributed by atoms with E-state index in [0.717, 1.165) is 41.8 Å². The van der Waals surface area contributed by atoms with E-state index in [9.17, 15) is 0 Å². The Morgan fingerprint density at radius 1 is 1.13 bits per heavy atom. The van der Waals surface area contributed by atoms with Gasteiger partial charge in [-0.1, -0.05) is 22.0 Å². The lowest BCUT2D eigenvalue weighted by molar-refractivity contribution is 0.0961. The van der Waals surface area contributed by atoms with E-state index in [1.54, 1.807) is 0 Å². The van der Waals surface area contributed by atoms with Crippen LogP contribution in [0.5, 0.6) is 0 Å². The van der Waals surface area contributed by atoms with Crippen LogP contribution in [0.4, 0.5) is 5.69 Å². The van der Waals surface area contributed by atoms with Gasteiger partial charge in [0.1, 0.15) is 6.04 Å². The summed E-state index contributed by atoms with van der Waals surface area (Å²) in [6.45, 7) is 1.71. The lowest BCUT2D eigenvalue weighted by Gasteiger charge is -2.29. The van der Waals surface area contributed by atoms with Gasteiger partial charge in [0, 0.05) is 41.4 Å². The molecule has 2 saturated heterocycles. The van der Waals surface area contributed by atoms with Crippen LogP contribution >= 0.6 is 28.1 Å². The summed E-state index contributed by atoms with van der Waals surface area (Å²) in [5.41, 5.74) is 3.25. The van der Waals surface area contributed by atoms with Gasteiger partial charge in [0.15, 0.2) is 5.11 Å². The van der Waals surface area contributed by atoms with Crippen molar-refractivity contribution >= 4 is 38.9 Å². The second kappa shape index (κ2) is 8.49. The average Bonchev–Trinajstić information content (AvgIpc) is 3.50. The highest BCUT2D eigenvalue weighted by Gasteiger charge is 2.42. The maximum atomic E-state index is 5.91. The van der Waals surface area contributed by atoms with E-state index in [1.807, 2.05) is 18.3 Å². The molecule has 0 saturated carbocycles. The minimum Gasteiger partial charge on any atom is -0.376 e. The molecule has 7 heteroatoms. The molecule has 2 aromatic heterocycles. The largest absolute Gasteiger partial charge is 0.376 e. The fourth-order valence-electron chi connectivity index (χ4n) is 4.40. The van der Waals surface area contributed by atoms with Crippen LogP contribution in [0, 0.1) is 0 Å². The van der Waals surface area contributed by atoms with Crippen LogP contribution in [0.2, 0.25) is 0 Å². The molecule has 5 nitrogen and oxygen atoms in total. The van der Waals surface area contributed by atoms with Gasteiger partial charge in [0.25, 0.3) is 0 Å². The average molecular weight is 483 g/mol. The molecule has 1 aromatic carbocycles. The van der Waals surface area contributed by atoms with Gasteiger partial charge in [-0.3, -0.25) is 4.98 Å². The minimum atomic E-state index is -0.0412. The summed E-state index contributed by atoms with van der Waals surface area (Å²) in [6.07, 6.45) is 6.50. The normalized spacial score (nSPS) is 23.7. The third-order valence-corrected chi connectivity index (χ3v) is 6.64. The van der Waals surface area contributed by atoms with Crippen LogP contribution < -0.4 is 10.2 Å². The predicted octanol–water partition coefficient (Wildman–Crippen LogP) is 5.00. The molecular formula is C23H23BrN4OS. The first-order valence-corrected chi connectivity index (χ1v) is 11.4. The van der Waals surface area contributed by atoms with Crippen LogP contribution in [0.3, 0.4) is 0 Å². The fraction of sp³-hybridized carbons (Fsp3) is 0.304. The number of ether oxygens (including phenoxy) is 1. The number of hydrogen-bond donors (Lipinski definition) is 1. The van der Waals surface area contributed by atoms with Gasteiger partial charge >= 0.3 is 0 Å². The second-order valence-corrected chi connectivity index (χ2v) is 9.00. The molecule has 0 amide bonds. The molecule has 0 unspecified atom stereocenters. The molecule has 0 aliphatic carbocycles. The van der Waals surface area contributed by atoms with E-state index >= 15 is 0 Å². The van der Waals surface area contributed by atoms with Gasteiger partial charge in [-0.15, -0.1) is 0 Å². The first kappa shape index (κ1) is 19.7. The van der Waals surface area contributed by atoms with Crippen molar-refractivity contribution in [3.8, 4) is 0 Å². The van der Waals surface area contributed by atoms with Gasteiger partial charge < -0.3 is 19.5 Å². The lowest BCUT2D eigenvalue weighted by atomic mass is 10.0. The van der Waals surface area contributed by atoms with Crippen molar-refractivity contribution in [1.82, 2.24) is 14.9 Å². The molecule has 3 atom stereocenters. The van der Waals surface area contributed by atoms with Gasteiger partial charge in [-0.2, -0.15) is 0 Å². The van der Waals surface area contributed by atoms with Crippen molar-refractivity contribution in [2.75, 3.05) is 11.5 Å². The molecule has 1 N–H and O–H groups in total. The van der Waals surface area contributed by atoms with Crippen LogP contribution in [-0.4, -0.2) is 27.4 Å². The minimum absolute atomic E-state index is 0.00928. The zero-order chi connectivity index (χ0) is 20.5. The number of nitrogens with one attached hydrogen (secondary N) is 1. The molecule has 2 fully saturated rings. The van der Waals surface area contributed by atoms with Gasteiger partial charge in [-0.05, 0) is 73.6 Å². The summed E-state index contributed by atoms with van der Waals surface area (Å²) in [5.74, 6) is 0. The van der Waals surface area contributed by atoms with E-state index in [0.29, 0.717) is 5.11 Å². The number of rotatable bonds is 5. The van der Waals surface area contributed by atoms with E-state index in [4.69, 9.17) is 17.0 Å². The van der Waals surface area contributed by atoms with Crippen molar-refractivity contribution in [1.29, 1.82) is 0 Å². The molecule has 3 aromatic rings. The Labute approximate surface area is 190 Å². The fourth-order valence-corrected chi connectivity index (χ4v) is 5.02. The predicted molar refractivity (Wildman–Crippen MR) is 125 cm³/mol. The Kier molecular flexibility index (Phi) is 5.58. The molecule has 5 rings (SSSR count).